The van der Waals surface area contributed by atoms with Gasteiger partial charge in [0.25, 0.3) is 0 Å². The topological polar surface area (TPSA) is 42.7 Å². The third-order valence-electron chi connectivity index (χ3n) is 7.60. The van der Waals surface area contributed by atoms with Gasteiger partial charge >= 0.3 is 0 Å². The Balaban J connectivity index is 1.42. The molecule has 224 valence electrons. The van der Waals surface area contributed by atoms with Crippen molar-refractivity contribution in [2.45, 2.75) is 104 Å². The van der Waals surface area contributed by atoms with Crippen LogP contribution < -0.4 is 18.9 Å². The maximum atomic E-state index is 12.6. The molecule has 6 heteroatoms. The molecule has 0 aliphatic rings. The van der Waals surface area contributed by atoms with Crippen LogP contribution >= 0.6 is 11.3 Å². The molecule has 0 saturated carbocycles. The fourth-order valence-electron chi connectivity index (χ4n) is 5.21. The predicted molar refractivity (Wildman–Crippen MR) is 171 cm³/mol. The molecule has 3 aromatic rings. The highest BCUT2D eigenvalue weighted by molar-refractivity contribution is 7.07. The molecule has 5 nitrogen and oxygen atoms in total. The van der Waals surface area contributed by atoms with Gasteiger partial charge in [-0.05, 0) is 42.7 Å². The van der Waals surface area contributed by atoms with Gasteiger partial charge in [0.2, 0.25) is 11.4 Å². The molecule has 1 heterocycles. The Bertz CT molecular complexity index is 1130. The molecule has 1 amide bonds. The molecule has 41 heavy (non-hydrogen) atoms. The number of benzene rings is 2. The minimum atomic E-state index is 0.0438. The second-order valence-corrected chi connectivity index (χ2v) is 11.8. The molecule has 2 aromatic carbocycles. The van der Waals surface area contributed by atoms with Crippen LogP contribution in [0.2, 0.25) is 0 Å². The number of ether oxygens (including phenoxy) is 2. The smallest absolute Gasteiger partial charge is 0.224 e. The SMILES string of the molecule is CCCCCCCCCCCCCCOc1cc(CCN(C(C)=O)c2cccc(C[n+]3ccsc3)c2)ccc1OC. The van der Waals surface area contributed by atoms with E-state index in [-0.39, 0.29) is 5.91 Å². The number of unbranched alkanes of at least 4 members (excludes halogenated alkanes) is 11. The average molecular weight is 580 g/mol. The van der Waals surface area contributed by atoms with Gasteiger partial charge in [0.1, 0.15) is 0 Å². The number of thiazole rings is 1. The maximum absolute atomic E-state index is 12.6. The Morgan fingerprint density at radius 2 is 1.56 bits per heavy atom. The Hall–Kier alpha value is -2.86. The molecule has 0 N–H and O–H groups in total. The second kappa shape index (κ2) is 19.3. The van der Waals surface area contributed by atoms with E-state index in [0.29, 0.717) is 13.2 Å². The van der Waals surface area contributed by atoms with Crippen molar-refractivity contribution < 1.29 is 18.8 Å². The van der Waals surface area contributed by atoms with E-state index in [4.69, 9.17) is 9.47 Å². The predicted octanol–water partition coefficient (Wildman–Crippen LogP) is 8.77. The third kappa shape index (κ3) is 12.3. The van der Waals surface area contributed by atoms with E-state index in [9.17, 15) is 4.79 Å². The van der Waals surface area contributed by atoms with Crippen LogP contribution in [-0.4, -0.2) is 26.2 Å². The minimum absolute atomic E-state index is 0.0438. The third-order valence-corrected chi connectivity index (χ3v) is 8.27. The van der Waals surface area contributed by atoms with Crippen LogP contribution in [0.15, 0.2) is 59.6 Å². The van der Waals surface area contributed by atoms with Crippen LogP contribution in [-0.2, 0) is 17.8 Å². The highest BCUT2D eigenvalue weighted by Gasteiger charge is 2.14. The van der Waals surface area contributed by atoms with Crippen LogP contribution in [0.25, 0.3) is 0 Å². The van der Waals surface area contributed by atoms with Gasteiger partial charge < -0.3 is 14.4 Å². The summed E-state index contributed by atoms with van der Waals surface area (Å²) in [5, 5.41) is 2.07. The van der Waals surface area contributed by atoms with E-state index in [0.717, 1.165) is 42.1 Å². The lowest BCUT2D eigenvalue weighted by Gasteiger charge is -2.22. The summed E-state index contributed by atoms with van der Waals surface area (Å²) in [4.78, 5) is 14.4. The summed E-state index contributed by atoms with van der Waals surface area (Å²) in [6.45, 7) is 6.01. The largest absolute Gasteiger partial charge is 0.493 e. The van der Waals surface area contributed by atoms with Crippen molar-refractivity contribution in [2.24, 2.45) is 0 Å². The molecule has 0 radical (unpaired) electrons. The van der Waals surface area contributed by atoms with Gasteiger partial charge in [-0.25, -0.2) is 0 Å². The highest BCUT2D eigenvalue weighted by atomic mass is 32.1. The first kappa shape index (κ1) is 32.7. The summed E-state index contributed by atoms with van der Waals surface area (Å²) in [5.74, 6) is 1.59. The molecule has 1 aromatic heterocycles. The number of anilines is 1. The zero-order valence-corrected chi connectivity index (χ0v) is 26.4. The van der Waals surface area contributed by atoms with Crippen LogP contribution in [0.1, 0.15) is 102 Å². The van der Waals surface area contributed by atoms with E-state index in [1.54, 1.807) is 25.4 Å². The molecular formula is C35H51N2O3S+. The van der Waals surface area contributed by atoms with Crippen molar-refractivity contribution in [3.8, 4) is 11.5 Å². The standard InChI is InChI=1S/C35H51N2O3S/c1-4-5-6-7-8-9-10-11-12-13-14-15-24-40-35-27-31(19-20-34(35)39-3)21-22-37(30(2)38)33-18-16-17-32(26-33)28-36-23-25-41-29-36/h16-20,23,25-27,29H,4-15,21-22,24,28H2,1-3H3/q+1. The van der Waals surface area contributed by atoms with Gasteiger partial charge in [-0.1, -0.05) is 107 Å². The van der Waals surface area contributed by atoms with Crippen LogP contribution in [0.3, 0.4) is 0 Å². The van der Waals surface area contributed by atoms with E-state index in [1.165, 1.54) is 76.2 Å². The quantitative estimate of drug-likeness (QED) is 0.0936. The number of aromatic nitrogens is 1. The number of nitrogens with zero attached hydrogens (tertiary/aromatic N) is 2. The van der Waals surface area contributed by atoms with Crippen molar-refractivity contribution >= 4 is 22.9 Å². The number of hydrogen-bond donors (Lipinski definition) is 0. The summed E-state index contributed by atoms with van der Waals surface area (Å²) in [6.07, 6.45) is 18.8. The Labute approximate surface area is 252 Å². The fourth-order valence-corrected chi connectivity index (χ4v) is 5.81. The number of carbonyl (C=O) groups is 1. The van der Waals surface area contributed by atoms with Crippen molar-refractivity contribution in [1.82, 2.24) is 0 Å². The van der Waals surface area contributed by atoms with Crippen molar-refractivity contribution in [3.63, 3.8) is 0 Å². The van der Waals surface area contributed by atoms with E-state index >= 15 is 0 Å². The lowest BCUT2D eigenvalue weighted by molar-refractivity contribution is -0.683. The first-order valence-electron chi connectivity index (χ1n) is 15.7. The molecule has 0 fully saturated rings. The number of carbonyl (C=O) groups excluding carboxylic acids is 1. The van der Waals surface area contributed by atoms with E-state index in [2.05, 4.69) is 52.8 Å². The first-order valence-corrected chi connectivity index (χ1v) is 16.6. The van der Waals surface area contributed by atoms with Crippen LogP contribution in [0.4, 0.5) is 5.69 Å². The van der Waals surface area contributed by atoms with Crippen LogP contribution in [0, 0.1) is 0 Å². The average Bonchev–Trinajstić information content (AvgIpc) is 3.49. The van der Waals surface area contributed by atoms with Gasteiger partial charge in [-0.3, -0.25) is 4.79 Å². The highest BCUT2D eigenvalue weighted by Crippen LogP contribution is 2.29. The molecule has 0 saturated heterocycles. The van der Waals surface area contributed by atoms with E-state index in [1.807, 2.05) is 23.1 Å². The molecule has 0 spiro atoms. The molecular weight excluding hydrogens is 528 g/mol. The molecule has 3 rings (SSSR count). The Morgan fingerprint density at radius 1 is 0.854 bits per heavy atom. The normalized spacial score (nSPS) is 11.0. The van der Waals surface area contributed by atoms with Gasteiger partial charge in [-0.15, -0.1) is 0 Å². The van der Waals surface area contributed by atoms with Crippen molar-refractivity contribution in [3.05, 3.63) is 70.7 Å². The molecule has 0 atom stereocenters. The molecule has 0 bridgehead atoms. The summed E-state index contributed by atoms with van der Waals surface area (Å²) in [5.41, 5.74) is 5.33. The summed E-state index contributed by atoms with van der Waals surface area (Å²) < 4.78 is 13.9. The molecule has 0 aliphatic carbocycles. The Morgan fingerprint density at radius 3 is 2.20 bits per heavy atom. The van der Waals surface area contributed by atoms with Gasteiger partial charge in [0.05, 0.1) is 19.1 Å². The number of amides is 1. The van der Waals surface area contributed by atoms with Crippen molar-refractivity contribution in [2.75, 3.05) is 25.2 Å². The van der Waals surface area contributed by atoms with Gasteiger partial charge in [-0.2, -0.15) is 4.57 Å². The lowest BCUT2D eigenvalue weighted by atomic mass is 10.1. The van der Waals surface area contributed by atoms with Gasteiger partial charge in [0.15, 0.2) is 24.2 Å². The van der Waals surface area contributed by atoms with E-state index < -0.39 is 0 Å². The Kier molecular flexibility index (Phi) is 15.4. The van der Waals surface area contributed by atoms with Crippen molar-refractivity contribution in [1.29, 1.82) is 0 Å². The second-order valence-electron chi connectivity index (χ2n) is 11.0. The summed E-state index contributed by atoms with van der Waals surface area (Å²) in [7, 11) is 1.69. The summed E-state index contributed by atoms with van der Waals surface area (Å²) in [6, 6.07) is 14.4. The zero-order valence-electron chi connectivity index (χ0n) is 25.6. The maximum Gasteiger partial charge on any atom is 0.224 e. The minimum Gasteiger partial charge on any atom is -0.493 e. The number of rotatable bonds is 21. The van der Waals surface area contributed by atoms with Crippen LogP contribution in [0.5, 0.6) is 11.5 Å². The first-order chi connectivity index (χ1) is 20.1. The lowest BCUT2D eigenvalue weighted by Crippen LogP contribution is -2.32. The number of methoxy groups -OCH3 is 1. The van der Waals surface area contributed by atoms with Gasteiger partial charge in [0, 0.05) is 24.7 Å². The monoisotopic (exact) mass is 579 g/mol. The molecule has 0 unspecified atom stereocenters. The summed E-state index contributed by atoms with van der Waals surface area (Å²) >= 11 is 1.68. The zero-order chi connectivity index (χ0) is 29.1. The number of hydrogen-bond acceptors (Lipinski definition) is 4. The molecule has 0 aliphatic heterocycles. The fraction of sp³-hybridized carbons (Fsp3) is 0.543.